The van der Waals surface area contributed by atoms with Gasteiger partial charge in [-0.1, -0.05) is 54.6 Å². The molecule has 0 saturated carbocycles. The molecule has 0 spiro atoms. The molecule has 2 aliphatic rings. The molecule has 1 aliphatic heterocycles. The van der Waals surface area contributed by atoms with Crippen molar-refractivity contribution in [2.45, 2.75) is 31.6 Å². The van der Waals surface area contributed by atoms with Crippen molar-refractivity contribution in [1.29, 1.82) is 0 Å². The van der Waals surface area contributed by atoms with Crippen molar-refractivity contribution in [1.82, 2.24) is 5.32 Å². The number of Topliss-reactive ketones (excluding diaryl/α,β-unsaturated/α-hetero) is 1. The Labute approximate surface area is 212 Å². The molecule has 3 aromatic rings. The van der Waals surface area contributed by atoms with Gasteiger partial charge < -0.3 is 10.6 Å². The highest BCUT2D eigenvalue weighted by molar-refractivity contribution is 6.10. The Kier molecular flexibility index (Phi) is 6.40. The monoisotopic (exact) mass is 497 g/mol. The van der Waals surface area contributed by atoms with Crippen LogP contribution >= 0.6 is 0 Å². The number of hydrogen-bond acceptors (Lipinski definition) is 5. The molecule has 0 bridgehead atoms. The maximum atomic E-state index is 14.3. The predicted molar refractivity (Wildman–Crippen MR) is 137 cm³/mol. The van der Waals surface area contributed by atoms with E-state index in [1.54, 1.807) is 19.1 Å². The molecule has 0 radical (unpaired) electrons. The van der Waals surface area contributed by atoms with Crippen LogP contribution in [0.3, 0.4) is 0 Å². The summed E-state index contributed by atoms with van der Waals surface area (Å²) in [6, 6.07) is 21.5. The van der Waals surface area contributed by atoms with Crippen LogP contribution in [-0.2, 0) is 9.59 Å². The molecule has 186 valence electrons. The van der Waals surface area contributed by atoms with Crippen molar-refractivity contribution < 1.29 is 18.9 Å². The molecule has 8 heteroatoms. The van der Waals surface area contributed by atoms with Gasteiger partial charge in [0.25, 0.3) is 11.6 Å². The zero-order chi connectivity index (χ0) is 26.1. The van der Waals surface area contributed by atoms with Gasteiger partial charge in [0, 0.05) is 47.0 Å². The standard InChI is InChI=1S/C29H24FN3O4/c1-17-26(29(35)32-23-13-6-5-12-22(23)30)27(19-10-7-11-21(14-19)33(36)37)28-24(31-17)15-20(16-25(28)34)18-8-3-2-4-9-18/h2-14,20,27,31H,15-16H2,1H3,(H,32,35)/t20-,27-/m0/s1. The number of nitro benzene ring substituents is 1. The van der Waals surface area contributed by atoms with Gasteiger partial charge in [-0.3, -0.25) is 19.7 Å². The number of carbonyl (C=O) groups is 2. The lowest BCUT2D eigenvalue weighted by atomic mass is 9.71. The SMILES string of the molecule is CC1=C(C(=O)Nc2ccccc2F)[C@H](c2cccc([N+](=O)[O-])c2)C2=C(C[C@H](c3ccccc3)CC2=O)N1. The minimum Gasteiger partial charge on any atom is -0.362 e. The zero-order valence-electron chi connectivity index (χ0n) is 20.0. The lowest BCUT2D eigenvalue weighted by Crippen LogP contribution is -2.37. The first kappa shape index (κ1) is 24.1. The molecule has 2 N–H and O–H groups in total. The Bertz CT molecular complexity index is 1480. The van der Waals surface area contributed by atoms with Crippen LogP contribution in [0.25, 0.3) is 0 Å². The number of nitrogens with one attached hydrogen (secondary N) is 2. The molecule has 1 aliphatic carbocycles. The Morgan fingerprint density at radius 3 is 2.43 bits per heavy atom. The third-order valence-corrected chi connectivity index (χ3v) is 6.88. The van der Waals surface area contributed by atoms with Crippen LogP contribution in [0, 0.1) is 15.9 Å². The number of para-hydroxylation sites is 1. The second kappa shape index (κ2) is 9.81. The number of rotatable bonds is 5. The third-order valence-electron chi connectivity index (χ3n) is 6.88. The van der Waals surface area contributed by atoms with Gasteiger partial charge in [-0.2, -0.15) is 0 Å². The Morgan fingerprint density at radius 1 is 1.00 bits per heavy atom. The lowest BCUT2D eigenvalue weighted by molar-refractivity contribution is -0.384. The number of anilines is 1. The Morgan fingerprint density at radius 2 is 1.70 bits per heavy atom. The number of nitrogens with zero attached hydrogens (tertiary/aromatic N) is 1. The predicted octanol–water partition coefficient (Wildman–Crippen LogP) is 5.73. The molecule has 2 atom stereocenters. The first-order valence-corrected chi connectivity index (χ1v) is 11.9. The number of benzene rings is 3. The molecule has 37 heavy (non-hydrogen) atoms. The van der Waals surface area contributed by atoms with Crippen molar-refractivity contribution in [2.75, 3.05) is 5.32 Å². The van der Waals surface area contributed by atoms with Gasteiger partial charge in [-0.15, -0.1) is 0 Å². The summed E-state index contributed by atoms with van der Waals surface area (Å²) in [4.78, 5) is 38.2. The maximum absolute atomic E-state index is 14.3. The van der Waals surface area contributed by atoms with Crippen LogP contribution in [-0.4, -0.2) is 16.6 Å². The van der Waals surface area contributed by atoms with E-state index in [1.165, 1.54) is 36.4 Å². The van der Waals surface area contributed by atoms with Gasteiger partial charge in [-0.05, 0) is 42.5 Å². The molecule has 0 aromatic heterocycles. The van der Waals surface area contributed by atoms with E-state index in [0.29, 0.717) is 29.0 Å². The molecule has 3 aromatic carbocycles. The zero-order valence-corrected chi connectivity index (χ0v) is 20.0. The van der Waals surface area contributed by atoms with Crippen LogP contribution in [0.15, 0.2) is 101 Å². The largest absolute Gasteiger partial charge is 0.362 e. The molecule has 7 nitrogen and oxygen atoms in total. The normalized spacial score (nSPS) is 19.2. The van der Waals surface area contributed by atoms with E-state index in [-0.39, 0.29) is 35.1 Å². The fraction of sp³-hybridized carbons (Fsp3) is 0.172. The average Bonchev–Trinajstić information content (AvgIpc) is 2.89. The lowest BCUT2D eigenvalue weighted by Gasteiger charge is -2.37. The fourth-order valence-electron chi connectivity index (χ4n) is 5.20. The Hall–Kier alpha value is -4.59. The third kappa shape index (κ3) is 4.65. The smallest absolute Gasteiger partial charge is 0.269 e. The fourth-order valence-corrected chi connectivity index (χ4v) is 5.20. The highest BCUT2D eigenvalue weighted by Crippen LogP contribution is 2.46. The number of dihydropyridines is 1. The second-order valence-corrected chi connectivity index (χ2v) is 9.21. The summed E-state index contributed by atoms with van der Waals surface area (Å²) in [6.45, 7) is 1.72. The number of non-ortho nitro benzene ring substituents is 1. The van der Waals surface area contributed by atoms with E-state index < -0.39 is 22.6 Å². The summed E-state index contributed by atoms with van der Waals surface area (Å²) in [5.41, 5.74) is 3.19. The number of ketones is 1. The summed E-state index contributed by atoms with van der Waals surface area (Å²) in [5, 5.41) is 17.4. The highest BCUT2D eigenvalue weighted by atomic mass is 19.1. The van der Waals surface area contributed by atoms with Gasteiger partial charge in [0.1, 0.15) is 5.82 Å². The molecular weight excluding hydrogens is 473 g/mol. The number of carbonyl (C=O) groups excluding carboxylic acids is 2. The number of amides is 1. The summed E-state index contributed by atoms with van der Waals surface area (Å²) in [7, 11) is 0. The van der Waals surface area contributed by atoms with Gasteiger partial charge in [0.15, 0.2) is 5.78 Å². The van der Waals surface area contributed by atoms with Crippen LogP contribution in [0.1, 0.15) is 42.7 Å². The number of halogens is 1. The first-order valence-electron chi connectivity index (χ1n) is 11.9. The van der Waals surface area contributed by atoms with Crippen LogP contribution < -0.4 is 10.6 Å². The van der Waals surface area contributed by atoms with Crippen molar-refractivity contribution in [2.24, 2.45) is 0 Å². The highest BCUT2D eigenvalue weighted by Gasteiger charge is 2.41. The van der Waals surface area contributed by atoms with Crippen molar-refractivity contribution in [3.05, 3.63) is 128 Å². The Balaban J connectivity index is 1.60. The van der Waals surface area contributed by atoms with Gasteiger partial charge in [0.05, 0.1) is 10.6 Å². The topological polar surface area (TPSA) is 101 Å². The minimum atomic E-state index is -0.841. The van der Waals surface area contributed by atoms with E-state index in [4.69, 9.17) is 0 Å². The van der Waals surface area contributed by atoms with E-state index >= 15 is 0 Å². The second-order valence-electron chi connectivity index (χ2n) is 9.21. The van der Waals surface area contributed by atoms with Crippen LogP contribution in [0.2, 0.25) is 0 Å². The number of hydrogen-bond donors (Lipinski definition) is 2. The molecular formula is C29H24FN3O4. The molecule has 1 amide bonds. The van der Waals surface area contributed by atoms with Crippen molar-refractivity contribution in [3.8, 4) is 0 Å². The van der Waals surface area contributed by atoms with E-state index in [1.807, 2.05) is 30.3 Å². The van der Waals surface area contributed by atoms with Crippen molar-refractivity contribution in [3.63, 3.8) is 0 Å². The molecule has 0 saturated heterocycles. The molecule has 0 unspecified atom stereocenters. The maximum Gasteiger partial charge on any atom is 0.269 e. The van der Waals surface area contributed by atoms with Crippen LogP contribution in [0.5, 0.6) is 0 Å². The van der Waals surface area contributed by atoms with Crippen molar-refractivity contribution >= 4 is 23.1 Å². The molecule has 0 fully saturated rings. The minimum absolute atomic E-state index is 0.00415. The van der Waals surface area contributed by atoms with E-state index in [9.17, 15) is 24.1 Å². The van der Waals surface area contributed by atoms with E-state index in [0.717, 1.165) is 5.56 Å². The number of nitro groups is 1. The van der Waals surface area contributed by atoms with Gasteiger partial charge >= 0.3 is 0 Å². The van der Waals surface area contributed by atoms with E-state index in [2.05, 4.69) is 10.6 Å². The summed E-state index contributed by atoms with van der Waals surface area (Å²) in [6.07, 6.45) is 0.799. The van der Waals surface area contributed by atoms with Gasteiger partial charge in [-0.25, -0.2) is 4.39 Å². The van der Waals surface area contributed by atoms with Crippen LogP contribution in [0.4, 0.5) is 15.8 Å². The summed E-state index contributed by atoms with van der Waals surface area (Å²) >= 11 is 0. The average molecular weight is 498 g/mol. The molecule has 1 heterocycles. The van der Waals surface area contributed by atoms with Gasteiger partial charge in [0.2, 0.25) is 0 Å². The quantitative estimate of drug-likeness (QED) is 0.346. The molecule has 5 rings (SSSR count). The number of allylic oxidation sites excluding steroid dienone is 3. The first-order chi connectivity index (χ1) is 17.8. The summed E-state index contributed by atoms with van der Waals surface area (Å²) in [5.74, 6) is -2.19. The summed E-state index contributed by atoms with van der Waals surface area (Å²) < 4.78 is 14.3.